The minimum absolute atomic E-state index is 0.0161. The topological polar surface area (TPSA) is 43.8 Å². The Kier molecular flexibility index (Phi) is 4.29. The summed E-state index contributed by atoms with van der Waals surface area (Å²) in [6.07, 6.45) is 1.02. The minimum atomic E-state index is -0.0161. The van der Waals surface area contributed by atoms with Crippen molar-refractivity contribution in [3.63, 3.8) is 0 Å². The van der Waals surface area contributed by atoms with E-state index in [1.54, 1.807) is 0 Å². The highest BCUT2D eigenvalue weighted by molar-refractivity contribution is 5.33. The zero-order valence-electron chi connectivity index (χ0n) is 13.2. The molecule has 0 aliphatic carbocycles. The second-order valence-electron chi connectivity index (χ2n) is 5.65. The SMILES string of the molecule is CCc1c(C)nn(CC(N)c2cc(C)ccc2C)c1C. The van der Waals surface area contributed by atoms with Crippen LogP contribution in [0.25, 0.3) is 0 Å². The Bertz CT molecular complexity index is 611. The van der Waals surface area contributed by atoms with E-state index in [4.69, 9.17) is 5.73 Å². The Morgan fingerprint density at radius 1 is 1.20 bits per heavy atom. The molecule has 3 nitrogen and oxygen atoms in total. The molecule has 0 spiro atoms. The van der Waals surface area contributed by atoms with Crippen LogP contribution in [0.3, 0.4) is 0 Å². The number of benzene rings is 1. The first-order valence-electron chi connectivity index (χ1n) is 7.29. The molecule has 20 heavy (non-hydrogen) atoms. The molecule has 2 aromatic rings. The van der Waals surface area contributed by atoms with E-state index in [0.717, 1.165) is 18.7 Å². The van der Waals surface area contributed by atoms with Gasteiger partial charge in [0.25, 0.3) is 0 Å². The molecule has 2 rings (SSSR count). The zero-order valence-corrected chi connectivity index (χ0v) is 13.2. The highest BCUT2D eigenvalue weighted by atomic mass is 15.3. The molecule has 1 heterocycles. The van der Waals surface area contributed by atoms with Crippen molar-refractivity contribution < 1.29 is 0 Å². The number of nitrogens with two attached hydrogens (primary N) is 1. The predicted octanol–water partition coefficient (Wildman–Crippen LogP) is 3.38. The lowest BCUT2D eigenvalue weighted by Crippen LogP contribution is -2.20. The van der Waals surface area contributed by atoms with Gasteiger partial charge in [-0.25, -0.2) is 0 Å². The fourth-order valence-corrected chi connectivity index (χ4v) is 2.87. The first kappa shape index (κ1) is 14.8. The number of hydrogen-bond donors (Lipinski definition) is 1. The van der Waals surface area contributed by atoms with Crippen molar-refractivity contribution in [3.05, 3.63) is 51.8 Å². The molecule has 0 amide bonds. The Hall–Kier alpha value is -1.61. The largest absolute Gasteiger partial charge is 0.322 e. The van der Waals surface area contributed by atoms with Crippen molar-refractivity contribution in [2.24, 2.45) is 5.73 Å². The van der Waals surface area contributed by atoms with E-state index < -0.39 is 0 Å². The van der Waals surface area contributed by atoms with Crippen molar-refractivity contribution in [1.82, 2.24) is 9.78 Å². The van der Waals surface area contributed by atoms with Crippen LogP contribution in [0.5, 0.6) is 0 Å². The van der Waals surface area contributed by atoms with Gasteiger partial charge in [-0.1, -0.05) is 30.7 Å². The summed E-state index contributed by atoms with van der Waals surface area (Å²) in [4.78, 5) is 0. The average molecular weight is 271 g/mol. The molecule has 0 radical (unpaired) electrons. The summed E-state index contributed by atoms with van der Waals surface area (Å²) in [5.74, 6) is 0. The van der Waals surface area contributed by atoms with Crippen LogP contribution in [-0.2, 0) is 13.0 Å². The van der Waals surface area contributed by atoms with Gasteiger partial charge in [0.15, 0.2) is 0 Å². The zero-order chi connectivity index (χ0) is 14.9. The van der Waals surface area contributed by atoms with Gasteiger partial charge in [-0.3, -0.25) is 4.68 Å². The summed E-state index contributed by atoms with van der Waals surface area (Å²) in [6, 6.07) is 6.44. The summed E-state index contributed by atoms with van der Waals surface area (Å²) >= 11 is 0. The summed E-state index contributed by atoms with van der Waals surface area (Å²) in [5.41, 5.74) is 13.8. The molecule has 0 saturated heterocycles. The van der Waals surface area contributed by atoms with Crippen LogP contribution in [0.2, 0.25) is 0 Å². The van der Waals surface area contributed by atoms with Crippen LogP contribution >= 0.6 is 0 Å². The molecule has 0 aliphatic rings. The fourth-order valence-electron chi connectivity index (χ4n) is 2.87. The number of aromatic nitrogens is 2. The molecule has 3 heteroatoms. The molecule has 1 aromatic carbocycles. The van der Waals surface area contributed by atoms with Crippen LogP contribution in [-0.4, -0.2) is 9.78 Å². The summed E-state index contributed by atoms with van der Waals surface area (Å²) in [7, 11) is 0. The quantitative estimate of drug-likeness (QED) is 0.926. The first-order valence-corrected chi connectivity index (χ1v) is 7.29. The summed E-state index contributed by atoms with van der Waals surface area (Å²) in [6.45, 7) is 11.3. The van der Waals surface area contributed by atoms with E-state index in [0.29, 0.717) is 0 Å². The van der Waals surface area contributed by atoms with Gasteiger partial charge in [0, 0.05) is 11.7 Å². The summed E-state index contributed by atoms with van der Waals surface area (Å²) < 4.78 is 2.06. The molecular formula is C17H25N3. The number of nitrogens with zero attached hydrogens (tertiary/aromatic N) is 2. The third-order valence-electron chi connectivity index (χ3n) is 4.09. The smallest absolute Gasteiger partial charge is 0.0628 e. The molecule has 0 aliphatic heterocycles. The Morgan fingerprint density at radius 2 is 1.90 bits per heavy atom. The molecular weight excluding hydrogens is 246 g/mol. The standard InChI is InChI=1S/C17H25N3/c1-6-15-13(4)19-20(14(15)5)10-17(18)16-9-11(2)7-8-12(16)3/h7-9,17H,6,10,18H2,1-5H3. The average Bonchev–Trinajstić information content (AvgIpc) is 2.66. The molecule has 1 atom stereocenters. The van der Waals surface area contributed by atoms with Crippen molar-refractivity contribution in [1.29, 1.82) is 0 Å². The maximum atomic E-state index is 6.41. The van der Waals surface area contributed by atoms with Crippen molar-refractivity contribution in [2.75, 3.05) is 0 Å². The van der Waals surface area contributed by atoms with Gasteiger partial charge in [0.1, 0.15) is 0 Å². The maximum absolute atomic E-state index is 6.41. The van der Waals surface area contributed by atoms with E-state index in [1.165, 1.54) is 27.9 Å². The van der Waals surface area contributed by atoms with E-state index in [-0.39, 0.29) is 6.04 Å². The molecule has 0 fully saturated rings. The second-order valence-corrected chi connectivity index (χ2v) is 5.65. The molecule has 1 aromatic heterocycles. The third kappa shape index (κ3) is 2.78. The highest BCUT2D eigenvalue weighted by Gasteiger charge is 2.15. The molecule has 108 valence electrons. The predicted molar refractivity (Wildman–Crippen MR) is 83.9 cm³/mol. The molecule has 2 N–H and O–H groups in total. The van der Waals surface area contributed by atoms with Gasteiger partial charge in [-0.15, -0.1) is 0 Å². The van der Waals surface area contributed by atoms with Crippen LogP contribution < -0.4 is 5.73 Å². The van der Waals surface area contributed by atoms with Gasteiger partial charge in [0.2, 0.25) is 0 Å². The lowest BCUT2D eigenvalue weighted by Gasteiger charge is -2.16. The monoisotopic (exact) mass is 271 g/mol. The van der Waals surface area contributed by atoms with Crippen LogP contribution in [0.1, 0.15) is 46.6 Å². The van der Waals surface area contributed by atoms with Gasteiger partial charge >= 0.3 is 0 Å². The van der Waals surface area contributed by atoms with E-state index in [9.17, 15) is 0 Å². The van der Waals surface area contributed by atoms with E-state index in [2.05, 4.69) is 62.6 Å². The molecule has 1 unspecified atom stereocenters. The number of aryl methyl sites for hydroxylation is 3. The number of hydrogen-bond acceptors (Lipinski definition) is 2. The van der Waals surface area contributed by atoms with Gasteiger partial charge < -0.3 is 5.73 Å². The third-order valence-corrected chi connectivity index (χ3v) is 4.09. The normalized spacial score (nSPS) is 12.7. The van der Waals surface area contributed by atoms with Crippen molar-refractivity contribution in [2.45, 2.75) is 53.6 Å². The highest BCUT2D eigenvalue weighted by Crippen LogP contribution is 2.21. The lowest BCUT2D eigenvalue weighted by molar-refractivity contribution is 0.513. The lowest BCUT2D eigenvalue weighted by atomic mass is 9.99. The van der Waals surface area contributed by atoms with E-state index >= 15 is 0 Å². The fraction of sp³-hybridized carbons (Fsp3) is 0.471. The molecule has 0 saturated carbocycles. The van der Waals surface area contributed by atoms with Crippen LogP contribution in [0, 0.1) is 27.7 Å². The Labute approximate surface area is 121 Å². The molecule has 0 bridgehead atoms. The van der Waals surface area contributed by atoms with Gasteiger partial charge in [-0.2, -0.15) is 5.10 Å². The van der Waals surface area contributed by atoms with Crippen LogP contribution in [0.4, 0.5) is 0 Å². The Balaban J connectivity index is 2.28. The minimum Gasteiger partial charge on any atom is -0.322 e. The second kappa shape index (κ2) is 5.80. The van der Waals surface area contributed by atoms with Crippen LogP contribution in [0.15, 0.2) is 18.2 Å². The summed E-state index contributed by atoms with van der Waals surface area (Å²) in [5, 5.41) is 4.64. The van der Waals surface area contributed by atoms with Crippen molar-refractivity contribution in [3.8, 4) is 0 Å². The van der Waals surface area contributed by atoms with Gasteiger partial charge in [-0.05, 0) is 50.8 Å². The maximum Gasteiger partial charge on any atom is 0.0628 e. The Morgan fingerprint density at radius 3 is 2.50 bits per heavy atom. The number of rotatable bonds is 4. The van der Waals surface area contributed by atoms with Crippen molar-refractivity contribution >= 4 is 0 Å². The van der Waals surface area contributed by atoms with E-state index in [1.807, 2.05) is 0 Å². The first-order chi connectivity index (χ1) is 9.43. The van der Waals surface area contributed by atoms with Gasteiger partial charge in [0.05, 0.1) is 12.2 Å².